The van der Waals surface area contributed by atoms with E-state index in [0.717, 1.165) is 4.68 Å². The molecule has 1 aromatic rings. The third-order valence-corrected chi connectivity index (χ3v) is 5.89. The SMILES string of the molecule is Cc1nn(CC(=O)N[C@]2(C)CCS(=O)(=O)C2)c(=O)c(C#N)c1C. The molecular weight excluding hydrogens is 320 g/mol. The minimum Gasteiger partial charge on any atom is -0.348 e. The maximum absolute atomic E-state index is 12.1. The minimum absolute atomic E-state index is 0.0319. The van der Waals surface area contributed by atoms with Gasteiger partial charge in [0.15, 0.2) is 9.84 Å². The molecule has 124 valence electrons. The van der Waals surface area contributed by atoms with Crippen molar-refractivity contribution in [2.45, 2.75) is 39.3 Å². The summed E-state index contributed by atoms with van der Waals surface area (Å²) in [5.41, 5.74) is -0.529. The van der Waals surface area contributed by atoms with Crippen molar-refractivity contribution in [3.63, 3.8) is 0 Å². The smallest absolute Gasteiger partial charge is 0.285 e. The van der Waals surface area contributed by atoms with Crippen molar-refractivity contribution < 1.29 is 13.2 Å². The number of nitriles is 1. The predicted molar refractivity (Wildman–Crippen MR) is 82.5 cm³/mol. The van der Waals surface area contributed by atoms with Crippen LogP contribution >= 0.6 is 0 Å². The molecule has 2 rings (SSSR count). The lowest BCUT2D eigenvalue weighted by Crippen LogP contribution is -2.49. The Morgan fingerprint density at radius 1 is 1.48 bits per heavy atom. The summed E-state index contributed by atoms with van der Waals surface area (Å²) in [6.45, 7) is 4.57. The average molecular weight is 338 g/mol. The van der Waals surface area contributed by atoms with Crippen LogP contribution in [0.15, 0.2) is 4.79 Å². The Balaban J connectivity index is 2.21. The van der Waals surface area contributed by atoms with Crippen LogP contribution in [0.3, 0.4) is 0 Å². The van der Waals surface area contributed by atoms with Gasteiger partial charge in [0.1, 0.15) is 18.2 Å². The maximum atomic E-state index is 12.1. The Morgan fingerprint density at radius 3 is 2.65 bits per heavy atom. The normalized spacial score (nSPS) is 22.5. The van der Waals surface area contributed by atoms with Crippen LogP contribution in [0, 0.1) is 25.2 Å². The van der Waals surface area contributed by atoms with Crippen LogP contribution in [0.1, 0.15) is 30.2 Å². The number of carbonyl (C=O) groups is 1. The van der Waals surface area contributed by atoms with Crippen LogP contribution in [0.4, 0.5) is 0 Å². The lowest BCUT2D eigenvalue weighted by molar-refractivity contribution is -0.123. The zero-order valence-electron chi connectivity index (χ0n) is 13.2. The number of amides is 1. The highest BCUT2D eigenvalue weighted by atomic mass is 32.2. The van der Waals surface area contributed by atoms with E-state index in [-0.39, 0.29) is 23.6 Å². The topological polar surface area (TPSA) is 122 Å². The Hall–Kier alpha value is -2.21. The molecule has 0 unspecified atom stereocenters. The number of nitrogens with one attached hydrogen (secondary N) is 1. The molecule has 9 heteroatoms. The maximum Gasteiger partial charge on any atom is 0.285 e. The second-order valence-corrected chi connectivity index (χ2v) is 8.29. The van der Waals surface area contributed by atoms with Gasteiger partial charge in [-0.2, -0.15) is 10.4 Å². The third-order valence-electron chi connectivity index (χ3n) is 3.99. The van der Waals surface area contributed by atoms with E-state index in [1.54, 1.807) is 20.8 Å². The molecule has 1 atom stereocenters. The van der Waals surface area contributed by atoms with E-state index in [9.17, 15) is 18.0 Å². The molecule has 23 heavy (non-hydrogen) atoms. The van der Waals surface area contributed by atoms with E-state index < -0.39 is 26.8 Å². The summed E-state index contributed by atoms with van der Waals surface area (Å²) in [5, 5.41) is 15.7. The lowest BCUT2D eigenvalue weighted by atomic mass is 10.0. The molecule has 1 fully saturated rings. The van der Waals surface area contributed by atoms with Gasteiger partial charge in [0.05, 0.1) is 22.7 Å². The van der Waals surface area contributed by atoms with Crippen LogP contribution in [-0.4, -0.2) is 41.2 Å². The molecule has 1 aromatic heterocycles. The van der Waals surface area contributed by atoms with E-state index >= 15 is 0 Å². The monoisotopic (exact) mass is 338 g/mol. The predicted octanol–water partition coefficient (Wildman–Crippen LogP) is -0.575. The summed E-state index contributed by atoms with van der Waals surface area (Å²) in [6, 6.07) is 1.83. The van der Waals surface area contributed by atoms with Crippen molar-refractivity contribution in [1.82, 2.24) is 15.1 Å². The Morgan fingerprint density at radius 2 is 2.13 bits per heavy atom. The van der Waals surface area contributed by atoms with E-state index in [4.69, 9.17) is 5.26 Å². The molecule has 0 radical (unpaired) electrons. The number of hydrogen-bond acceptors (Lipinski definition) is 6. The fourth-order valence-corrected chi connectivity index (χ4v) is 4.72. The minimum atomic E-state index is -3.15. The number of sulfone groups is 1. The molecular formula is C14H18N4O4S. The quantitative estimate of drug-likeness (QED) is 0.787. The molecule has 1 aliphatic rings. The first-order valence-electron chi connectivity index (χ1n) is 7.07. The number of aromatic nitrogens is 2. The third kappa shape index (κ3) is 3.59. The van der Waals surface area contributed by atoms with Crippen LogP contribution in [-0.2, 0) is 21.2 Å². The lowest BCUT2D eigenvalue weighted by Gasteiger charge is -2.24. The van der Waals surface area contributed by atoms with Gasteiger partial charge in [0, 0.05) is 0 Å². The number of rotatable bonds is 3. The standard InChI is InChI=1S/C14H18N4O4S/c1-9-10(2)17-18(13(20)11(9)6-15)7-12(19)16-14(3)4-5-23(21,22)8-14/h4-5,7-8H2,1-3H3,(H,16,19)/t14-/m1/s1. The molecule has 0 aliphatic carbocycles. The van der Waals surface area contributed by atoms with Crippen molar-refractivity contribution >= 4 is 15.7 Å². The zero-order valence-corrected chi connectivity index (χ0v) is 14.0. The van der Waals surface area contributed by atoms with Gasteiger partial charge in [-0.15, -0.1) is 0 Å². The van der Waals surface area contributed by atoms with Crippen LogP contribution in [0.25, 0.3) is 0 Å². The van der Waals surface area contributed by atoms with E-state index in [2.05, 4.69) is 10.4 Å². The zero-order chi connectivity index (χ0) is 17.4. The fourth-order valence-electron chi connectivity index (χ4n) is 2.63. The van der Waals surface area contributed by atoms with Crippen molar-refractivity contribution in [2.75, 3.05) is 11.5 Å². The highest BCUT2D eigenvalue weighted by Gasteiger charge is 2.39. The summed E-state index contributed by atoms with van der Waals surface area (Å²) in [5.74, 6) is -0.597. The second kappa shape index (κ2) is 5.77. The highest BCUT2D eigenvalue weighted by Crippen LogP contribution is 2.22. The molecule has 2 heterocycles. The van der Waals surface area contributed by atoms with Crippen LogP contribution in [0.2, 0.25) is 0 Å². The molecule has 0 saturated carbocycles. The van der Waals surface area contributed by atoms with Gasteiger partial charge in [-0.3, -0.25) is 9.59 Å². The Bertz CT molecular complexity index is 866. The summed E-state index contributed by atoms with van der Waals surface area (Å²) >= 11 is 0. The first-order valence-corrected chi connectivity index (χ1v) is 8.89. The number of carbonyl (C=O) groups excluding carboxylic acids is 1. The van der Waals surface area contributed by atoms with E-state index in [1.807, 2.05) is 6.07 Å². The van der Waals surface area contributed by atoms with Crippen molar-refractivity contribution in [1.29, 1.82) is 5.26 Å². The van der Waals surface area contributed by atoms with Crippen molar-refractivity contribution in [3.05, 3.63) is 27.2 Å². The molecule has 0 aromatic carbocycles. The number of aryl methyl sites for hydroxylation is 1. The van der Waals surface area contributed by atoms with E-state index in [1.165, 1.54) is 0 Å². The molecule has 1 amide bonds. The summed E-state index contributed by atoms with van der Waals surface area (Å²) in [7, 11) is -3.15. The molecule has 1 aliphatic heterocycles. The summed E-state index contributed by atoms with van der Waals surface area (Å²) in [6.07, 6.45) is 0.333. The van der Waals surface area contributed by atoms with Crippen molar-refractivity contribution in [2.24, 2.45) is 0 Å². The van der Waals surface area contributed by atoms with Gasteiger partial charge in [-0.1, -0.05) is 0 Å². The number of hydrogen-bond donors (Lipinski definition) is 1. The first-order chi connectivity index (χ1) is 10.6. The number of nitrogens with zero attached hydrogens (tertiary/aromatic N) is 3. The van der Waals surface area contributed by atoms with Gasteiger partial charge >= 0.3 is 0 Å². The molecule has 1 N–H and O–H groups in total. The Kier molecular flexibility index (Phi) is 4.30. The summed E-state index contributed by atoms with van der Waals surface area (Å²) < 4.78 is 24.0. The largest absolute Gasteiger partial charge is 0.348 e. The van der Waals surface area contributed by atoms with Crippen molar-refractivity contribution in [3.8, 4) is 6.07 Å². The Labute approximate surface area is 134 Å². The second-order valence-electron chi connectivity index (χ2n) is 6.11. The van der Waals surface area contributed by atoms with Gasteiger partial charge in [-0.25, -0.2) is 13.1 Å². The molecule has 0 bridgehead atoms. The van der Waals surface area contributed by atoms with Gasteiger partial charge < -0.3 is 5.32 Å². The van der Waals surface area contributed by atoms with Gasteiger partial charge in [-0.05, 0) is 32.8 Å². The molecule has 1 saturated heterocycles. The summed E-state index contributed by atoms with van der Waals surface area (Å²) in [4.78, 5) is 24.3. The van der Waals surface area contributed by atoms with Crippen LogP contribution < -0.4 is 10.9 Å². The van der Waals surface area contributed by atoms with Gasteiger partial charge in [0.2, 0.25) is 5.91 Å². The highest BCUT2D eigenvalue weighted by molar-refractivity contribution is 7.91. The van der Waals surface area contributed by atoms with Crippen LogP contribution in [0.5, 0.6) is 0 Å². The molecule has 8 nitrogen and oxygen atoms in total. The molecule has 0 spiro atoms. The average Bonchev–Trinajstić information content (AvgIpc) is 2.70. The van der Waals surface area contributed by atoms with Gasteiger partial charge in [0.25, 0.3) is 5.56 Å². The van der Waals surface area contributed by atoms with E-state index in [0.29, 0.717) is 17.7 Å². The first kappa shape index (κ1) is 17.1. The fraction of sp³-hybridized carbons (Fsp3) is 0.571.